The van der Waals surface area contributed by atoms with Crippen LogP contribution in [0.15, 0.2) is 12.1 Å². The predicted molar refractivity (Wildman–Crippen MR) is 60.1 cm³/mol. The van der Waals surface area contributed by atoms with Gasteiger partial charge in [0.2, 0.25) is 0 Å². The van der Waals surface area contributed by atoms with E-state index in [4.69, 9.17) is 0 Å². The van der Waals surface area contributed by atoms with E-state index in [0.29, 0.717) is 11.5 Å². The van der Waals surface area contributed by atoms with Gasteiger partial charge in [-0.3, -0.25) is 4.68 Å². The fraction of sp³-hybridized carbons (Fsp3) is 0.667. The second-order valence-corrected chi connectivity index (χ2v) is 4.96. The summed E-state index contributed by atoms with van der Waals surface area (Å²) < 4.78 is 2.20. The van der Waals surface area contributed by atoms with E-state index in [0.717, 1.165) is 0 Å². The van der Waals surface area contributed by atoms with Gasteiger partial charge in [0.25, 0.3) is 0 Å². The molecule has 2 nitrogen and oxygen atoms in total. The van der Waals surface area contributed by atoms with Gasteiger partial charge in [0.05, 0.1) is 0 Å². The Balaban J connectivity index is 2.10. The monoisotopic (exact) mass is 192 g/mol. The van der Waals surface area contributed by atoms with Crippen LogP contribution in [0.1, 0.15) is 38.1 Å². The van der Waals surface area contributed by atoms with Gasteiger partial charge in [-0.15, -0.1) is 0 Å². The third-order valence-corrected chi connectivity index (χ3v) is 3.68. The first-order valence-electron chi connectivity index (χ1n) is 5.44. The van der Waals surface area contributed by atoms with Gasteiger partial charge in [0.15, 0.2) is 0 Å². The van der Waals surface area contributed by atoms with E-state index in [1.54, 1.807) is 0 Å². The summed E-state index contributed by atoms with van der Waals surface area (Å²) in [6, 6.07) is 4.88. The summed E-state index contributed by atoms with van der Waals surface area (Å²) in [5, 5.41) is 0. The van der Waals surface area contributed by atoms with Gasteiger partial charge in [-0.25, -0.2) is 0 Å². The zero-order valence-corrected chi connectivity index (χ0v) is 9.59. The highest BCUT2D eigenvalue weighted by Gasteiger charge is 2.42. The Labute approximate surface area is 86.3 Å². The van der Waals surface area contributed by atoms with Crippen LogP contribution in [-0.4, -0.2) is 10.7 Å². The number of hydrogen-bond donors (Lipinski definition) is 1. The van der Waals surface area contributed by atoms with Crippen LogP contribution in [0, 0.1) is 19.3 Å². The SMILES string of the molecule is Cc1ccc(C)n1NC(C)C1(C)CC1. The molecular formula is C12H20N2. The Kier molecular flexibility index (Phi) is 2.09. The lowest BCUT2D eigenvalue weighted by molar-refractivity contribution is 0.456. The van der Waals surface area contributed by atoms with E-state index >= 15 is 0 Å². The molecule has 1 unspecified atom stereocenters. The predicted octanol–water partition coefficient (Wildman–Crippen LogP) is 2.84. The summed E-state index contributed by atoms with van der Waals surface area (Å²) in [5.41, 5.74) is 6.69. The zero-order valence-electron chi connectivity index (χ0n) is 9.59. The number of nitrogens with one attached hydrogen (secondary N) is 1. The van der Waals surface area contributed by atoms with Gasteiger partial charge in [-0.1, -0.05) is 6.92 Å². The second-order valence-electron chi connectivity index (χ2n) is 4.96. The van der Waals surface area contributed by atoms with Crippen LogP contribution in [0.5, 0.6) is 0 Å². The first kappa shape index (κ1) is 9.63. The van der Waals surface area contributed by atoms with Crippen LogP contribution in [0.25, 0.3) is 0 Å². The van der Waals surface area contributed by atoms with Crippen molar-refractivity contribution in [3.05, 3.63) is 23.5 Å². The molecule has 1 atom stereocenters. The minimum atomic E-state index is 0.531. The summed E-state index contributed by atoms with van der Waals surface area (Å²) in [6.45, 7) is 8.93. The Morgan fingerprint density at radius 1 is 1.29 bits per heavy atom. The van der Waals surface area contributed by atoms with Crippen molar-refractivity contribution in [1.82, 2.24) is 4.68 Å². The number of rotatable bonds is 3. The van der Waals surface area contributed by atoms with Crippen molar-refractivity contribution in [2.45, 2.75) is 46.6 Å². The van der Waals surface area contributed by atoms with Gasteiger partial charge in [-0.05, 0) is 51.2 Å². The smallest absolute Gasteiger partial charge is 0.0449 e. The highest BCUT2D eigenvalue weighted by atomic mass is 15.4. The van der Waals surface area contributed by atoms with E-state index in [1.165, 1.54) is 24.2 Å². The molecule has 2 rings (SSSR count). The van der Waals surface area contributed by atoms with Crippen LogP contribution in [0.3, 0.4) is 0 Å². The standard InChI is InChI=1S/C12H20N2/c1-9-5-6-10(2)14(9)13-11(3)12(4)7-8-12/h5-6,11,13H,7-8H2,1-4H3. The van der Waals surface area contributed by atoms with E-state index in [9.17, 15) is 0 Å². The molecule has 1 aliphatic rings. The first-order valence-corrected chi connectivity index (χ1v) is 5.44. The van der Waals surface area contributed by atoms with Crippen molar-refractivity contribution < 1.29 is 0 Å². The van der Waals surface area contributed by atoms with Crippen LogP contribution in [0.2, 0.25) is 0 Å². The third-order valence-electron chi connectivity index (χ3n) is 3.68. The molecule has 0 aliphatic heterocycles. The molecule has 1 saturated carbocycles. The second kappa shape index (κ2) is 3.04. The van der Waals surface area contributed by atoms with Crippen molar-refractivity contribution in [3.63, 3.8) is 0 Å². The molecule has 14 heavy (non-hydrogen) atoms. The molecule has 0 saturated heterocycles. The van der Waals surface area contributed by atoms with Crippen LogP contribution < -0.4 is 5.43 Å². The minimum Gasteiger partial charge on any atom is -0.323 e. The maximum atomic E-state index is 3.58. The number of hydrogen-bond acceptors (Lipinski definition) is 1. The molecule has 2 heteroatoms. The molecule has 1 heterocycles. The highest BCUT2D eigenvalue weighted by molar-refractivity contribution is 5.17. The molecule has 0 bridgehead atoms. The lowest BCUT2D eigenvalue weighted by Gasteiger charge is -2.24. The van der Waals surface area contributed by atoms with Crippen molar-refractivity contribution in [3.8, 4) is 0 Å². The van der Waals surface area contributed by atoms with E-state index < -0.39 is 0 Å². The molecule has 0 aromatic carbocycles. The fourth-order valence-corrected chi connectivity index (χ4v) is 1.85. The molecule has 1 aromatic rings. The molecule has 1 N–H and O–H groups in total. The Hall–Kier alpha value is -0.920. The summed E-state index contributed by atoms with van der Waals surface area (Å²) in [6.07, 6.45) is 2.72. The summed E-state index contributed by atoms with van der Waals surface area (Å²) in [7, 11) is 0. The topological polar surface area (TPSA) is 17.0 Å². The van der Waals surface area contributed by atoms with Crippen LogP contribution in [0.4, 0.5) is 0 Å². The van der Waals surface area contributed by atoms with Crippen LogP contribution >= 0.6 is 0 Å². The number of aromatic nitrogens is 1. The minimum absolute atomic E-state index is 0.531. The van der Waals surface area contributed by atoms with Crippen molar-refractivity contribution in [2.24, 2.45) is 5.41 Å². The van der Waals surface area contributed by atoms with E-state index in [1.807, 2.05) is 0 Å². The summed E-state index contributed by atoms with van der Waals surface area (Å²) in [4.78, 5) is 0. The zero-order chi connectivity index (χ0) is 10.3. The highest BCUT2D eigenvalue weighted by Crippen LogP contribution is 2.48. The van der Waals surface area contributed by atoms with Gasteiger partial charge < -0.3 is 5.43 Å². The van der Waals surface area contributed by atoms with E-state index in [2.05, 4.69) is 49.9 Å². The molecular weight excluding hydrogens is 172 g/mol. The molecule has 0 spiro atoms. The Morgan fingerprint density at radius 3 is 2.21 bits per heavy atom. The summed E-state index contributed by atoms with van der Waals surface area (Å²) >= 11 is 0. The molecule has 0 radical (unpaired) electrons. The van der Waals surface area contributed by atoms with Crippen molar-refractivity contribution in [2.75, 3.05) is 5.43 Å². The molecule has 1 aromatic heterocycles. The number of nitrogens with zero attached hydrogens (tertiary/aromatic N) is 1. The maximum absolute atomic E-state index is 3.58. The molecule has 78 valence electrons. The van der Waals surface area contributed by atoms with E-state index in [-0.39, 0.29) is 0 Å². The Bertz CT molecular complexity index is 315. The lowest BCUT2D eigenvalue weighted by atomic mass is 10.0. The fourth-order valence-electron chi connectivity index (χ4n) is 1.85. The third kappa shape index (κ3) is 1.54. The average Bonchev–Trinajstić information content (AvgIpc) is 2.82. The molecule has 1 aliphatic carbocycles. The quantitative estimate of drug-likeness (QED) is 0.779. The number of aryl methyl sites for hydroxylation is 2. The molecule has 0 amide bonds. The first-order chi connectivity index (χ1) is 6.53. The average molecular weight is 192 g/mol. The van der Waals surface area contributed by atoms with Gasteiger partial charge >= 0.3 is 0 Å². The van der Waals surface area contributed by atoms with Gasteiger partial charge in [0.1, 0.15) is 0 Å². The van der Waals surface area contributed by atoms with Gasteiger partial charge in [0, 0.05) is 17.4 Å². The lowest BCUT2D eigenvalue weighted by Crippen LogP contribution is -2.33. The van der Waals surface area contributed by atoms with Crippen molar-refractivity contribution >= 4 is 0 Å². The summed E-state index contributed by atoms with van der Waals surface area (Å²) in [5.74, 6) is 0. The Morgan fingerprint density at radius 2 is 1.79 bits per heavy atom. The van der Waals surface area contributed by atoms with Crippen molar-refractivity contribution in [1.29, 1.82) is 0 Å². The van der Waals surface area contributed by atoms with Gasteiger partial charge in [-0.2, -0.15) is 0 Å². The molecule has 1 fully saturated rings. The normalized spacial score (nSPS) is 20.6. The largest absolute Gasteiger partial charge is 0.323 e. The van der Waals surface area contributed by atoms with Crippen LogP contribution in [-0.2, 0) is 0 Å². The maximum Gasteiger partial charge on any atom is 0.0449 e.